The lowest BCUT2D eigenvalue weighted by Gasteiger charge is -2.10. The maximum Gasteiger partial charge on any atom is 0.250 e. The molecule has 0 aliphatic heterocycles. The number of benzene rings is 2. The van der Waals surface area contributed by atoms with E-state index in [-0.39, 0.29) is 18.0 Å². The van der Waals surface area contributed by atoms with Gasteiger partial charge >= 0.3 is 0 Å². The van der Waals surface area contributed by atoms with Gasteiger partial charge in [0.25, 0.3) is 5.91 Å². The lowest BCUT2D eigenvalue weighted by Crippen LogP contribution is -2.24. The Bertz CT molecular complexity index is 656. The van der Waals surface area contributed by atoms with E-state index >= 15 is 0 Å². The van der Waals surface area contributed by atoms with Gasteiger partial charge in [-0.3, -0.25) is 9.59 Å². The van der Waals surface area contributed by atoms with Gasteiger partial charge in [0.1, 0.15) is 0 Å². The fraction of sp³-hybridized carbons (Fsp3) is 0.0667. The van der Waals surface area contributed by atoms with Crippen LogP contribution >= 0.6 is 11.6 Å². The first kappa shape index (κ1) is 14.9. The first-order valence-electron chi connectivity index (χ1n) is 6.24. The lowest BCUT2D eigenvalue weighted by atomic mass is 10.1. The van der Waals surface area contributed by atoms with Crippen molar-refractivity contribution in [1.82, 2.24) is 0 Å². The van der Waals surface area contributed by atoms with Gasteiger partial charge in [-0.15, -0.1) is 0 Å². The van der Waals surface area contributed by atoms with Crippen LogP contribution in [0.5, 0.6) is 0 Å². The predicted octanol–water partition coefficient (Wildman–Crippen LogP) is 2.49. The van der Waals surface area contributed by atoms with E-state index in [0.29, 0.717) is 10.7 Å². The molecule has 2 aromatic carbocycles. The number of primary amides is 1. The highest BCUT2D eigenvalue weighted by molar-refractivity contribution is 6.30. The van der Waals surface area contributed by atoms with Gasteiger partial charge < -0.3 is 16.4 Å². The summed E-state index contributed by atoms with van der Waals surface area (Å²) in [5.74, 6) is -0.866. The molecule has 0 saturated heterocycles. The summed E-state index contributed by atoms with van der Waals surface area (Å²) in [6.45, 7) is 0.0642. The number of carbonyl (C=O) groups excluding carboxylic acids is 2. The third-order valence-electron chi connectivity index (χ3n) is 2.76. The second-order valence-electron chi connectivity index (χ2n) is 4.32. The molecule has 0 atom stereocenters. The van der Waals surface area contributed by atoms with Crippen LogP contribution in [0.15, 0.2) is 48.5 Å². The summed E-state index contributed by atoms with van der Waals surface area (Å²) in [6, 6.07) is 13.6. The minimum absolute atomic E-state index is 0.0642. The molecule has 21 heavy (non-hydrogen) atoms. The van der Waals surface area contributed by atoms with Gasteiger partial charge in [-0.25, -0.2) is 0 Å². The standard InChI is InChI=1S/C15H14ClN3O2/c16-10-5-7-11(8-6-10)18-9-14(20)19-13-4-2-1-3-12(13)15(17)21/h1-8,18H,9H2,(H2,17,21)(H,19,20). The van der Waals surface area contributed by atoms with Crippen molar-refractivity contribution in [2.75, 3.05) is 17.2 Å². The summed E-state index contributed by atoms with van der Waals surface area (Å²) in [5.41, 5.74) is 6.70. The number of anilines is 2. The fourth-order valence-electron chi connectivity index (χ4n) is 1.75. The molecule has 108 valence electrons. The Morgan fingerprint density at radius 2 is 1.71 bits per heavy atom. The van der Waals surface area contributed by atoms with Gasteiger partial charge in [0.05, 0.1) is 17.8 Å². The van der Waals surface area contributed by atoms with E-state index in [9.17, 15) is 9.59 Å². The Balaban J connectivity index is 1.96. The quantitative estimate of drug-likeness (QED) is 0.793. The topological polar surface area (TPSA) is 84.2 Å². The molecule has 0 radical (unpaired) electrons. The number of nitrogens with two attached hydrogens (primary N) is 1. The second-order valence-corrected chi connectivity index (χ2v) is 4.75. The first-order valence-corrected chi connectivity index (χ1v) is 6.62. The van der Waals surface area contributed by atoms with Crippen LogP contribution in [0.4, 0.5) is 11.4 Å². The van der Waals surface area contributed by atoms with Crippen LogP contribution in [0, 0.1) is 0 Å². The van der Waals surface area contributed by atoms with E-state index in [0.717, 1.165) is 5.69 Å². The molecule has 2 amide bonds. The average molecular weight is 304 g/mol. The van der Waals surface area contributed by atoms with Crippen molar-refractivity contribution in [3.05, 3.63) is 59.1 Å². The molecule has 0 heterocycles. The number of carbonyl (C=O) groups is 2. The molecule has 0 unspecified atom stereocenters. The molecule has 2 aromatic rings. The van der Waals surface area contributed by atoms with Gasteiger partial charge in [0.15, 0.2) is 0 Å². The third kappa shape index (κ3) is 4.22. The molecular weight excluding hydrogens is 290 g/mol. The number of rotatable bonds is 5. The smallest absolute Gasteiger partial charge is 0.250 e. The summed E-state index contributed by atoms with van der Waals surface area (Å²) in [6.07, 6.45) is 0. The van der Waals surface area contributed by atoms with Gasteiger partial charge in [-0.05, 0) is 36.4 Å². The van der Waals surface area contributed by atoms with Crippen LogP contribution in [-0.4, -0.2) is 18.4 Å². The van der Waals surface area contributed by atoms with Crippen molar-refractivity contribution in [1.29, 1.82) is 0 Å². The largest absolute Gasteiger partial charge is 0.376 e. The van der Waals surface area contributed by atoms with Crippen LogP contribution in [0.3, 0.4) is 0 Å². The molecule has 0 aliphatic rings. The highest BCUT2D eigenvalue weighted by atomic mass is 35.5. The molecule has 2 rings (SSSR count). The van der Waals surface area contributed by atoms with E-state index in [2.05, 4.69) is 10.6 Å². The van der Waals surface area contributed by atoms with Gasteiger partial charge in [-0.2, -0.15) is 0 Å². The summed E-state index contributed by atoms with van der Waals surface area (Å²) in [7, 11) is 0. The van der Waals surface area contributed by atoms with Crippen LogP contribution in [0.1, 0.15) is 10.4 Å². The maximum absolute atomic E-state index is 11.9. The van der Waals surface area contributed by atoms with E-state index in [1.807, 2.05) is 0 Å². The van der Waals surface area contributed by atoms with Gasteiger partial charge in [-0.1, -0.05) is 23.7 Å². The van der Waals surface area contributed by atoms with Crippen molar-refractivity contribution in [2.45, 2.75) is 0 Å². The Hall–Kier alpha value is -2.53. The highest BCUT2D eigenvalue weighted by Crippen LogP contribution is 2.15. The predicted molar refractivity (Wildman–Crippen MR) is 83.5 cm³/mol. The zero-order chi connectivity index (χ0) is 15.2. The van der Waals surface area contributed by atoms with Gasteiger partial charge in [0.2, 0.25) is 5.91 Å². The zero-order valence-electron chi connectivity index (χ0n) is 11.1. The normalized spacial score (nSPS) is 9.95. The average Bonchev–Trinajstić information content (AvgIpc) is 2.47. The number of amides is 2. The van der Waals surface area contributed by atoms with Crippen LogP contribution in [-0.2, 0) is 4.79 Å². The molecule has 5 nitrogen and oxygen atoms in total. The number of nitrogens with one attached hydrogen (secondary N) is 2. The van der Waals surface area contributed by atoms with Crippen LogP contribution < -0.4 is 16.4 Å². The Morgan fingerprint density at radius 1 is 1.05 bits per heavy atom. The van der Waals surface area contributed by atoms with Crippen molar-refractivity contribution in [3.8, 4) is 0 Å². The molecular formula is C15H14ClN3O2. The number of para-hydroxylation sites is 1. The monoisotopic (exact) mass is 303 g/mol. The second kappa shape index (κ2) is 6.76. The molecule has 4 N–H and O–H groups in total. The molecule has 0 spiro atoms. The molecule has 0 aliphatic carbocycles. The van der Waals surface area contributed by atoms with E-state index in [1.165, 1.54) is 0 Å². The van der Waals surface area contributed by atoms with Crippen LogP contribution in [0.2, 0.25) is 5.02 Å². The summed E-state index contributed by atoms with van der Waals surface area (Å²) < 4.78 is 0. The minimum Gasteiger partial charge on any atom is -0.376 e. The maximum atomic E-state index is 11.9. The number of halogens is 1. The van der Waals surface area contributed by atoms with Crippen molar-refractivity contribution in [2.24, 2.45) is 5.73 Å². The Morgan fingerprint density at radius 3 is 2.38 bits per heavy atom. The van der Waals surface area contributed by atoms with Crippen LogP contribution in [0.25, 0.3) is 0 Å². The van der Waals surface area contributed by atoms with Crippen molar-refractivity contribution < 1.29 is 9.59 Å². The SMILES string of the molecule is NC(=O)c1ccccc1NC(=O)CNc1ccc(Cl)cc1. The molecule has 6 heteroatoms. The van der Waals surface area contributed by atoms with Gasteiger partial charge in [0, 0.05) is 10.7 Å². The van der Waals surface area contributed by atoms with E-state index < -0.39 is 5.91 Å². The molecule has 0 fully saturated rings. The van der Waals surface area contributed by atoms with E-state index in [4.69, 9.17) is 17.3 Å². The zero-order valence-corrected chi connectivity index (χ0v) is 11.9. The molecule has 0 bridgehead atoms. The highest BCUT2D eigenvalue weighted by Gasteiger charge is 2.09. The lowest BCUT2D eigenvalue weighted by molar-refractivity contribution is -0.114. The van der Waals surface area contributed by atoms with Crippen molar-refractivity contribution in [3.63, 3.8) is 0 Å². The fourth-order valence-corrected chi connectivity index (χ4v) is 1.88. The van der Waals surface area contributed by atoms with Crippen molar-refractivity contribution >= 4 is 34.8 Å². The summed E-state index contributed by atoms with van der Waals surface area (Å²) in [5, 5.41) is 6.22. The first-order chi connectivity index (χ1) is 10.1. The molecule has 0 aromatic heterocycles. The number of hydrogen-bond acceptors (Lipinski definition) is 3. The number of hydrogen-bond donors (Lipinski definition) is 3. The minimum atomic E-state index is -0.587. The third-order valence-corrected chi connectivity index (χ3v) is 3.02. The Kier molecular flexibility index (Phi) is 4.79. The summed E-state index contributed by atoms with van der Waals surface area (Å²) >= 11 is 5.78. The Labute approximate surface area is 127 Å². The van der Waals surface area contributed by atoms with E-state index in [1.54, 1.807) is 48.5 Å². The molecule has 0 saturated carbocycles. The summed E-state index contributed by atoms with van der Waals surface area (Å²) in [4.78, 5) is 23.1.